The molecule has 4 N–H and O–H groups in total. The summed E-state index contributed by atoms with van der Waals surface area (Å²) in [6.07, 6.45) is 1.43. The van der Waals surface area contributed by atoms with Crippen molar-refractivity contribution in [3.05, 3.63) is 60.8 Å². The molecule has 10 heteroatoms. The third-order valence-electron chi connectivity index (χ3n) is 4.50. The molecule has 3 rings (SSSR count). The van der Waals surface area contributed by atoms with Crippen LogP contribution in [0.25, 0.3) is 10.8 Å². The van der Waals surface area contributed by atoms with Gasteiger partial charge in [-0.2, -0.15) is 4.31 Å². The summed E-state index contributed by atoms with van der Waals surface area (Å²) in [6, 6.07) is 14.2. The van der Waals surface area contributed by atoms with Crippen molar-refractivity contribution in [1.82, 2.24) is 9.29 Å². The van der Waals surface area contributed by atoms with E-state index in [0.29, 0.717) is 10.8 Å². The van der Waals surface area contributed by atoms with E-state index in [1.54, 1.807) is 36.4 Å². The number of pyridine rings is 1. The summed E-state index contributed by atoms with van der Waals surface area (Å²) in [5.41, 5.74) is 11.5. The van der Waals surface area contributed by atoms with E-state index in [0.717, 1.165) is 4.31 Å². The third-order valence-corrected chi connectivity index (χ3v) is 8.17. The highest BCUT2D eigenvalue weighted by atomic mass is 32.2. The molecular weight excluding hydrogens is 412 g/mol. The summed E-state index contributed by atoms with van der Waals surface area (Å²) in [6.45, 7) is -0.170. The quantitative estimate of drug-likeness (QED) is 0.544. The molecule has 0 unspecified atom stereocenters. The number of hydrogen-bond donors (Lipinski definition) is 2. The lowest BCUT2D eigenvalue weighted by atomic mass is 10.1. The molecule has 154 valence electrons. The average molecular weight is 435 g/mol. The van der Waals surface area contributed by atoms with Gasteiger partial charge in [-0.05, 0) is 24.3 Å². The third kappa shape index (κ3) is 4.40. The SMILES string of the molecule is NCCN(CCS(=O)(=O)c1ccccc1)S(=O)(=O)c1cccc2c(N)nccc12. The summed E-state index contributed by atoms with van der Waals surface area (Å²) in [5.74, 6) is -0.137. The number of nitrogens with two attached hydrogens (primary N) is 2. The molecule has 0 fully saturated rings. The first-order valence-electron chi connectivity index (χ1n) is 8.88. The maximum Gasteiger partial charge on any atom is 0.243 e. The van der Waals surface area contributed by atoms with Crippen molar-refractivity contribution in [2.24, 2.45) is 5.73 Å². The number of benzene rings is 2. The smallest absolute Gasteiger partial charge is 0.243 e. The number of fused-ring (bicyclic) bond motifs is 1. The molecule has 1 heterocycles. The van der Waals surface area contributed by atoms with E-state index in [1.807, 2.05) is 0 Å². The Labute approximate surface area is 170 Å². The van der Waals surface area contributed by atoms with Crippen molar-refractivity contribution in [2.45, 2.75) is 9.79 Å². The molecule has 0 saturated heterocycles. The highest BCUT2D eigenvalue weighted by Gasteiger charge is 2.28. The number of aromatic nitrogens is 1. The summed E-state index contributed by atoms with van der Waals surface area (Å²) in [5, 5.41) is 0.936. The first-order chi connectivity index (χ1) is 13.8. The number of sulfone groups is 1. The van der Waals surface area contributed by atoms with E-state index >= 15 is 0 Å². The van der Waals surface area contributed by atoms with Gasteiger partial charge in [0, 0.05) is 36.6 Å². The molecule has 2 aromatic carbocycles. The second kappa shape index (κ2) is 8.46. The van der Waals surface area contributed by atoms with Crippen LogP contribution in [0.15, 0.2) is 70.6 Å². The van der Waals surface area contributed by atoms with Crippen molar-refractivity contribution in [1.29, 1.82) is 0 Å². The Morgan fingerprint density at radius 2 is 1.59 bits per heavy atom. The monoisotopic (exact) mass is 434 g/mol. The molecule has 0 aliphatic heterocycles. The standard InChI is InChI=1S/C19H22N4O4S2/c20-10-12-23(13-14-28(24,25)15-5-2-1-3-6-15)29(26,27)18-8-4-7-17-16(18)9-11-22-19(17)21/h1-9,11H,10,12-14,20H2,(H2,21,22). The molecule has 3 aromatic rings. The van der Waals surface area contributed by atoms with Crippen LogP contribution in [-0.2, 0) is 19.9 Å². The topological polar surface area (TPSA) is 136 Å². The molecule has 1 aromatic heterocycles. The van der Waals surface area contributed by atoms with Gasteiger partial charge in [-0.3, -0.25) is 0 Å². The van der Waals surface area contributed by atoms with Gasteiger partial charge in [-0.1, -0.05) is 30.3 Å². The molecule has 29 heavy (non-hydrogen) atoms. The van der Waals surface area contributed by atoms with Crippen LogP contribution in [0.5, 0.6) is 0 Å². The highest BCUT2D eigenvalue weighted by molar-refractivity contribution is 7.91. The van der Waals surface area contributed by atoms with Crippen molar-refractivity contribution >= 4 is 36.5 Å². The second-order valence-corrected chi connectivity index (χ2v) is 10.4. The zero-order valence-electron chi connectivity index (χ0n) is 15.6. The molecule has 0 amide bonds. The fourth-order valence-electron chi connectivity index (χ4n) is 3.03. The average Bonchev–Trinajstić information content (AvgIpc) is 2.71. The Morgan fingerprint density at radius 1 is 0.862 bits per heavy atom. The maximum atomic E-state index is 13.3. The first kappa shape index (κ1) is 21.2. The summed E-state index contributed by atoms with van der Waals surface area (Å²) in [4.78, 5) is 4.17. The lowest BCUT2D eigenvalue weighted by Gasteiger charge is -2.22. The Morgan fingerprint density at radius 3 is 2.28 bits per heavy atom. The summed E-state index contributed by atoms with van der Waals surface area (Å²) < 4.78 is 52.9. The van der Waals surface area contributed by atoms with Crippen molar-refractivity contribution < 1.29 is 16.8 Å². The van der Waals surface area contributed by atoms with Crippen LogP contribution in [0.4, 0.5) is 5.82 Å². The van der Waals surface area contributed by atoms with E-state index in [1.165, 1.54) is 24.4 Å². The van der Waals surface area contributed by atoms with E-state index in [-0.39, 0.29) is 41.0 Å². The minimum absolute atomic E-state index is 0.0103. The highest BCUT2D eigenvalue weighted by Crippen LogP contribution is 2.28. The number of anilines is 1. The molecule has 0 spiro atoms. The molecule has 0 saturated carbocycles. The van der Waals surface area contributed by atoms with Crippen molar-refractivity contribution in [2.75, 3.05) is 31.1 Å². The normalized spacial score (nSPS) is 12.5. The van der Waals surface area contributed by atoms with E-state index < -0.39 is 19.9 Å². The van der Waals surface area contributed by atoms with Gasteiger partial charge in [0.05, 0.1) is 15.5 Å². The Bertz CT molecular complexity index is 1210. The molecular formula is C19H22N4O4S2. The predicted molar refractivity (Wildman–Crippen MR) is 112 cm³/mol. The summed E-state index contributed by atoms with van der Waals surface area (Å²) >= 11 is 0. The minimum Gasteiger partial charge on any atom is -0.383 e. The predicted octanol–water partition coefficient (Wildman–Crippen LogP) is 1.24. The zero-order chi connectivity index (χ0) is 21.1. The zero-order valence-corrected chi connectivity index (χ0v) is 17.2. The van der Waals surface area contributed by atoms with Crippen LogP contribution in [0.1, 0.15) is 0 Å². The van der Waals surface area contributed by atoms with Crippen LogP contribution in [0.2, 0.25) is 0 Å². The Balaban J connectivity index is 1.96. The van der Waals surface area contributed by atoms with E-state index in [2.05, 4.69) is 4.98 Å². The van der Waals surface area contributed by atoms with Gasteiger partial charge >= 0.3 is 0 Å². The van der Waals surface area contributed by atoms with Crippen LogP contribution in [0.3, 0.4) is 0 Å². The number of sulfonamides is 1. The lowest BCUT2D eigenvalue weighted by Crippen LogP contribution is -2.38. The first-order valence-corrected chi connectivity index (χ1v) is 12.0. The molecule has 0 aliphatic carbocycles. The van der Waals surface area contributed by atoms with Crippen molar-refractivity contribution in [3.63, 3.8) is 0 Å². The van der Waals surface area contributed by atoms with E-state index in [9.17, 15) is 16.8 Å². The molecule has 0 bridgehead atoms. The van der Waals surface area contributed by atoms with Crippen LogP contribution < -0.4 is 11.5 Å². The van der Waals surface area contributed by atoms with Gasteiger partial charge in [-0.25, -0.2) is 21.8 Å². The van der Waals surface area contributed by atoms with Gasteiger partial charge in [0.25, 0.3) is 0 Å². The number of nitrogen functional groups attached to an aromatic ring is 1. The second-order valence-electron chi connectivity index (χ2n) is 6.37. The molecule has 0 aliphatic rings. The number of nitrogens with zero attached hydrogens (tertiary/aromatic N) is 2. The minimum atomic E-state index is -4.01. The maximum absolute atomic E-state index is 13.3. The van der Waals surface area contributed by atoms with Crippen LogP contribution >= 0.6 is 0 Å². The Kier molecular flexibility index (Phi) is 6.18. The Hall–Kier alpha value is -2.53. The van der Waals surface area contributed by atoms with Gasteiger partial charge in [-0.15, -0.1) is 0 Å². The molecule has 0 atom stereocenters. The van der Waals surface area contributed by atoms with Gasteiger partial charge in [0.1, 0.15) is 5.82 Å². The van der Waals surface area contributed by atoms with Gasteiger partial charge in [0.2, 0.25) is 10.0 Å². The fraction of sp³-hybridized carbons (Fsp3) is 0.211. The number of hydrogen-bond acceptors (Lipinski definition) is 7. The molecule has 0 radical (unpaired) electrons. The largest absolute Gasteiger partial charge is 0.383 e. The van der Waals surface area contributed by atoms with Crippen LogP contribution in [0, 0.1) is 0 Å². The molecule has 8 nitrogen and oxygen atoms in total. The van der Waals surface area contributed by atoms with Crippen molar-refractivity contribution in [3.8, 4) is 0 Å². The van der Waals surface area contributed by atoms with Gasteiger partial charge < -0.3 is 11.5 Å². The van der Waals surface area contributed by atoms with E-state index in [4.69, 9.17) is 11.5 Å². The fourth-order valence-corrected chi connectivity index (χ4v) is 6.07. The number of rotatable bonds is 8. The summed E-state index contributed by atoms with van der Waals surface area (Å²) in [7, 11) is -7.65. The van der Waals surface area contributed by atoms with Crippen LogP contribution in [-0.4, -0.2) is 51.5 Å². The van der Waals surface area contributed by atoms with Gasteiger partial charge in [0.15, 0.2) is 9.84 Å². The lowest BCUT2D eigenvalue weighted by molar-refractivity contribution is 0.435.